The second-order valence-electron chi connectivity index (χ2n) is 7.47. The maximum absolute atomic E-state index is 12.4. The van der Waals surface area contributed by atoms with Gasteiger partial charge in [0.25, 0.3) is 0 Å². The molecule has 27 heavy (non-hydrogen) atoms. The molecule has 0 unspecified atom stereocenters. The van der Waals surface area contributed by atoms with Gasteiger partial charge in [-0.25, -0.2) is 8.42 Å². The molecule has 1 saturated heterocycles. The number of amides is 1. The lowest BCUT2D eigenvalue weighted by Crippen LogP contribution is -2.56. The second-order valence-corrected chi connectivity index (χ2v) is 11.7. The van der Waals surface area contributed by atoms with Crippen LogP contribution in [0.1, 0.15) is 31.2 Å². The maximum Gasteiger partial charge on any atom is 0.235 e. The average molecular weight is 475 g/mol. The van der Waals surface area contributed by atoms with Crippen LogP contribution in [0.4, 0.5) is 0 Å². The Labute approximate surface area is 174 Å². The molecule has 0 radical (unpaired) electrons. The highest BCUT2D eigenvalue weighted by atomic mass is 79.9. The minimum atomic E-state index is -3.49. The summed E-state index contributed by atoms with van der Waals surface area (Å²) in [5.74, 6) is 1.32. The predicted molar refractivity (Wildman–Crippen MR) is 115 cm³/mol. The normalized spacial score (nSPS) is 20.5. The van der Waals surface area contributed by atoms with Crippen molar-refractivity contribution in [2.24, 2.45) is 0 Å². The molecule has 3 rings (SSSR count). The number of hydrogen-bond donors (Lipinski definition) is 1. The predicted octanol–water partition coefficient (Wildman–Crippen LogP) is 2.84. The first kappa shape index (κ1) is 21.1. The lowest BCUT2D eigenvalue weighted by atomic mass is 9.94. The topological polar surface area (TPSA) is 66.5 Å². The van der Waals surface area contributed by atoms with E-state index in [0.29, 0.717) is 12.1 Å². The van der Waals surface area contributed by atoms with E-state index >= 15 is 0 Å². The summed E-state index contributed by atoms with van der Waals surface area (Å²) >= 11 is 5.33. The Morgan fingerprint density at radius 1 is 1.22 bits per heavy atom. The molecular formula is C19H27BrN2O3S2. The molecule has 0 aromatic heterocycles. The minimum Gasteiger partial charge on any atom is -0.353 e. The fourth-order valence-corrected chi connectivity index (χ4v) is 6.76. The Morgan fingerprint density at radius 3 is 2.59 bits per heavy atom. The highest BCUT2D eigenvalue weighted by Gasteiger charge is 2.40. The zero-order valence-corrected chi connectivity index (χ0v) is 18.7. The first-order valence-electron chi connectivity index (χ1n) is 9.43. The molecule has 1 amide bonds. The van der Waals surface area contributed by atoms with Crippen LogP contribution in [0, 0.1) is 0 Å². The Morgan fingerprint density at radius 2 is 1.93 bits per heavy atom. The van der Waals surface area contributed by atoms with Crippen molar-refractivity contribution in [2.45, 2.75) is 37.0 Å². The van der Waals surface area contributed by atoms with Crippen molar-refractivity contribution < 1.29 is 13.2 Å². The van der Waals surface area contributed by atoms with Crippen LogP contribution in [0.2, 0.25) is 0 Å². The van der Waals surface area contributed by atoms with E-state index in [0.717, 1.165) is 41.9 Å². The molecule has 1 N–H and O–H groups in total. The number of sulfone groups is 1. The highest BCUT2D eigenvalue weighted by molar-refractivity contribution is 9.10. The van der Waals surface area contributed by atoms with E-state index in [4.69, 9.17) is 0 Å². The van der Waals surface area contributed by atoms with E-state index in [1.54, 1.807) is 18.2 Å². The monoisotopic (exact) mass is 474 g/mol. The number of nitrogens with one attached hydrogen (secondary N) is 1. The molecule has 5 nitrogen and oxygen atoms in total. The van der Waals surface area contributed by atoms with Crippen molar-refractivity contribution in [1.29, 1.82) is 0 Å². The van der Waals surface area contributed by atoms with Crippen LogP contribution in [0.5, 0.6) is 0 Å². The van der Waals surface area contributed by atoms with Gasteiger partial charge in [0.2, 0.25) is 5.91 Å². The van der Waals surface area contributed by atoms with Crippen LogP contribution in [-0.4, -0.2) is 61.7 Å². The zero-order valence-electron chi connectivity index (χ0n) is 15.5. The van der Waals surface area contributed by atoms with Gasteiger partial charge in [-0.2, -0.15) is 11.8 Å². The first-order chi connectivity index (χ1) is 12.9. The third kappa shape index (κ3) is 5.95. The van der Waals surface area contributed by atoms with Gasteiger partial charge in [0.05, 0.1) is 5.75 Å². The molecule has 1 aromatic carbocycles. The van der Waals surface area contributed by atoms with Gasteiger partial charge in [-0.15, -0.1) is 0 Å². The molecule has 1 saturated carbocycles. The van der Waals surface area contributed by atoms with Crippen LogP contribution in [0.15, 0.2) is 28.7 Å². The summed E-state index contributed by atoms with van der Waals surface area (Å²) in [6, 6.07) is 7.19. The van der Waals surface area contributed by atoms with Gasteiger partial charge in [0, 0.05) is 41.2 Å². The number of halogens is 1. The molecule has 150 valence electrons. The van der Waals surface area contributed by atoms with Crippen LogP contribution in [0.25, 0.3) is 0 Å². The number of rotatable bonds is 7. The zero-order chi connectivity index (χ0) is 19.3. The van der Waals surface area contributed by atoms with E-state index in [9.17, 15) is 13.2 Å². The summed E-state index contributed by atoms with van der Waals surface area (Å²) < 4.78 is 25.7. The molecule has 1 aliphatic carbocycles. The van der Waals surface area contributed by atoms with Crippen molar-refractivity contribution >= 4 is 43.4 Å². The summed E-state index contributed by atoms with van der Waals surface area (Å²) in [6.45, 7) is 2.67. The SMILES string of the molecule is O=C(CS(=O)(=O)Cc1cccc(Br)c1)NCC1(N2CCSCC2)CCCC1. The summed E-state index contributed by atoms with van der Waals surface area (Å²) in [7, 11) is -3.49. The van der Waals surface area contributed by atoms with E-state index in [-0.39, 0.29) is 17.2 Å². The molecule has 1 heterocycles. The Kier molecular flexibility index (Phi) is 7.27. The third-order valence-electron chi connectivity index (χ3n) is 5.46. The average Bonchev–Trinajstić information content (AvgIpc) is 3.10. The van der Waals surface area contributed by atoms with E-state index in [1.165, 1.54) is 12.8 Å². The van der Waals surface area contributed by atoms with Gasteiger partial charge in [0.1, 0.15) is 5.75 Å². The summed E-state index contributed by atoms with van der Waals surface area (Å²) in [6.07, 6.45) is 4.53. The lowest BCUT2D eigenvalue weighted by Gasteiger charge is -2.43. The molecular weight excluding hydrogens is 448 g/mol. The molecule has 0 bridgehead atoms. The smallest absolute Gasteiger partial charge is 0.235 e. The minimum absolute atomic E-state index is 0.0185. The van der Waals surface area contributed by atoms with Gasteiger partial charge >= 0.3 is 0 Å². The Balaban J connectivity index is 1.56. The van der Waals surface area contributed by atoms with Gasteiger partial charge in [-0.1, -0.05) is 40.9 Å². The van der Waals surface area contributed by atoms with Crippen LogP contribution < -0.4 is 5.32 Å². The fourth-order valence-electron chi connectivity index (χ4n) is 4.12. The Bertz CT molecular complexity index is 758. The van der Waals surface area contributed by atoms with Gasteiger partial charge < -0.3 is 5.32 Å². The van der Waals surface area contributed by atoms with Crippen LogP contribution in [-0.2, 0) is 20.4 Å². The number of thioether (sulfide) groups is 1. The van der Waals surface area contributed by atoms with Crippen molar-refractivity contribution in [3.63, 3.8) is 0 Å². The summed E-state index contributed by atoms with van der Waals surface area (Å²) in [4.78, 5) is 14.9. The number of carbonyl (C=O) groups is 1. The second kappa shape index (κ2) is 9.29. The van der Waals surface area contributed by atoms with E-state index < -0.39 is 15.6 Å². The van der Waals surface area contributed by atoms with E-state index in [1.807, 2.05) is 17.8 Å². The van der Waals surface area contributed by atoms with Crippen molar-refractivity contribution in [1.82, 2.24) is 10.2 Å². The van der Waals surface area contributed by atoms with Crippen LogP contribution in [0.3, 0.4) is 0 Å². The standard InChI is InChI=1S/C19H27BrN2O3S2/c20-17-5-3-4-16(12-17)13-27(24,25)14-18(23)21-15-19(6-1-2-7-19)22-8-10-26-11-9-22/h3-5,12H,1-2,6-11,13-15H2,(H,21,23). The number of hydrogen-bond acceptors (Lipinski definition) is 5. The summed E-state index contributed by atoms with van der Waals surface area (Å²) in [5, 5.41) is 2.94. The van der Waals surface area contributed by atoms with Crippen molar-refractivity contribution in [2.75, 3.05) is 36.9 Å². The van der Waals surface area contributed by atoms with E-state index in [2.05, 4.69) is 26.1 Å². The molecule has 1 aliphatic heterocycles. The maximum atomic E-state index is 12.4. The van der Waals surface area contributed by atoms with Crippen LogP contribution >= 0.6 is 27.7 Å². The van der Waals surface area contributed by atoms with Gasteiger partial charge in [-0.05, 0) is 30.5 Å². The largest absolute Gasteiger partial charge is 0.353 e. The molecule has 8 heteroatoms. The summed E-state index contributed by atoms with van der Waals surface area (Å²) in [5.41, 5.74) is 0.709. The van der Waals surface area contributed by atoms with Gasteiger partial charge in [0.15, 0.2) is 9.84 Å². The quantitative estimate of drug-likeness (QED) is 0.657. The lowest BCUT2D eigenvalue weighted by molar-refractivity contribution is -0.119. The first-order valence-corrected chi connectivity index (χ1v) is 13.2. The molecule has 2 fully saturated rings. The number of nitrogens with zero attached hydrogens (tertiary/aromatic N) is 1. The van der Waals surface area contributed by atoms with Gasteiger partial charge in [-0.3, -0.25) is 9.69 Å². The molecule has 2 aliphatic rings. The molecule has 1 aromatic rings. The number of benzene rings is 1. The van der Waals surface area contributed by atoms with Crippen molar-refractivity contribution in [3.8, 4) is 0 Å². The highest BCUT2D eigenvalue weighted by Crippen LogP contribution is 2.36. The fraction of sp³-hybridized carbons (Fsp3) is 0.632. The molecule has 0 spiro atoms. The molecule has 0 atom stereocenters. The van der Waals surface area contributed by atoms with Crippen molar-refractivity contribution in [3.05, 3.63) is 34.3 Å². The third-order valence-corrected chi connectivity index (χ3v) is 8.37. The Hall–Kier alpha value is -0.570. The number of carbonyl (C=O) groups excluding carboxylic acids is 1.